The van der Waals surface area contributed by atoms with Gasteiger partial charge in [0, 0.05) is 0 Å². The zero-order valence-corrected chi connectivity index (χ0v) is 16.0. The van der Waals surface area contributed by atoms with Gasteiger partial charge in [-0.25, -0.2) is 4.79 Å². The summed E-state index contributed by atoms with van der Waals surface area (Å²) in [5.74, 6) is -0.431. The molecule has 3 amide bonds. The van der Waals surface area contributed by atoms with Crippen LogP contribution in [0.3, 0.4) is 0 Å². The molecule has 1 aromatic rings. The van der Waals surface area contributed by atoms with Crippen molar-refractivity contribution in [1.29, 1.82) is 0 Å². The third-order valence-electron chi connectivity index (χ3n) is 5.15. The minimum atomic E-state index is -0.927. The molecule has 0 saturated heterocycles. The molecule has 0 spiro atoms. The highest BCUT2D eigenvalue weighted by Gasteiger charge is 2.38. The molecular weight excluding hydrogens is 328 g/mol. The van der Waals surface area contributed by atoms with Crippen molar-refractivity contribution < 1.29 is 9.59 Å². The fraction of sp³-hybridized carbons (Fsp3) is 0.600. The number of nitrogens with zero attached hydrogens (tertiary/aromatic N) is 1. The first kappa shape index (κ1) is 20.2. The van der Waals surface area contributed by atoms with Crippen LogP contribution in [-0.2, 0) is 4.79 Å². The van der Waals surface area contributed by atoms with Crippen LogP contribution in [0, 0.1) is 0 Å². The smallest absolute Gasteiger partial charge is 0.316 e. The van der Waals surface area contributed by atoms with E-state index in [-0.39, 0.29) is 12.1 Å². The highest BCUT2D eigenvalue weighted by molar-refractivity contribution is 5.90. The van der Waals surface area contributed by atoms with Gasteiger partial charge < -0.3 is 21.3 Å². The molecule has 1 fully saturated rings. The summed E-state index contributed by atoms with van der Waals surface area (Å²) in [6.07, 6.45) is 5.99. The summed E-state index contributed by atoms with van der Waals surface area (Å²) in [6.45, 7) is 0.848. The van der Waals surface area contributed by atoms with Gasteiger partial charge in [-0.1, -0.05) is 56.0 Å². The molecule has 1 atom stereocenters. The maximum atomic E-state index is 12.7. The molecular formula is C20H32N4O2. The zero-order chi connectivity index (χ0) is 19.0. The number of nitrogens with two attached hydrogens (primary N) is 1. The van der Waals surface area contributed by atoms with Crippen LogP contribution < -0.4 is 16.4 Å². The van der Waals surface area contributed by atoms with Crippen LogP contribution in [0.15, 0.2) is 30.3 Å². The van der Waals surface area contributed by atoms with Gasteiger partial charge in [-0.05, 0) is 45.5 Å². The van der Waals surface area contributed by atoms with E-state index >= 15 is 0 Å². The minimum Gasteiger partial charge on any atom is -0.368 e. The molecule has 6 nitrogen and oxygen atoms in total. The molecule has 0 aliphatic heterocycles. The van der Waals surface area contributed by atoms with Gasteiger partial charge in [0.25, 0.3) is 0 Å². The first-order valence-electron chi connectivity index (χ1n) is 9.51. The minimum absolute atomic E-state index is 0.116. The summed E-state index contributed by atoms with van der Waals surface area (Å²) in [6, 6.07) is 9.47. The monoisotopic (exact) mass is 360 g/mol. The predicted molar refractivity (Wildman–Crippen MR) is 104 cm³/mol. The Morgan fingerprint density at radius 1 is 1.12 bits per heavy atom. The van der Waals surface area contributed by atoms with Gasteiger partial charge in [0.2, 0.25) is 5.91 Å². The summed E-state index contributed by atoms with van der Waals surface area (Å²) in [4.78, 5) is 26.9. The van der Waals surface area contributed by atoms with Crippen molar-refractivity contribution in [3.05, 3.63) is 35.9 Å². The number of benzene rings is 1. The van der Waals surface area contributed by atoms with Crippen molar-refractivity contribution in [3.8, 4) is 0 Å². The molecule has 0 bridgehead atoms. The zero-order valence-electron chi connectivity index (χ0n) is 16.0. The number of nitrogens with one attached hydrogen (secondary N) is 2. The molecule has 0 unspecified atom stereocenters. The van der Waals surface area contributed by atoms with Crippen molar-refractivity contribution in [3.63, 3.8) is 0 Å². The Hall–Kier alpha value is -2.08. The van der Waals surface area contributed by atoms with Crippen LogP contribution in [0.5, 0.6) is 0 Å². The SMILES string of the molecule is CN(C)CC[C@@H](NC(=O)NC1(C(N)=O)CCCCCC1)c1ccccc1. The molecule has 1 saturated carbocycles. The maximum absolute atomic E-state index is 12.7. The summed E-state index contributed by atoms with van der Waals surface area (Å²) in [5.41, 5.74) is 5.80. The lowest BCUT2D eigenvalue weighted by atomic mass is 9.89. The van der Waals surface area contributed by atoms with E-state index in [1.54, 1.807) is 0 Å². The van der Waals surface area contributed by atoms with Crippen LogP contribution in [0.2, 0.25) is 0 Å². The molecule has 4 N–H and O–H groups in total. The molecule has 1 aromatic carbocycles. The number of amides is 3. The third kappa shape index (κ3) is 5.73. The largest absolute Gasteiger partial charge is 0.368 e. The quantitative estimate of drug-likeness (QED) is 0.653. The molecule has 26 heavy (non-hydrogen) atoms. The second-order valence-electron chi connectivity index (χ2n) is 7.51. The Bertz CT molecular complexity index is 581. The van der Waals surface area contributed by atoms with Crippen molar-refractivity contribution in [2.75, 3.05) is 20.6 Å². The van der Waals surface area contributed by atoms with Crippen molar-refractivity contribution in [1.82, 2.24) is 15.5 Å². The number of carbonyl (C=O) groups excluding carboxylic acids is 2. The summed E-state index contributed by atoms with van der Waals surface area (Å²) < 4.78 is 0. The van der Waals surface area contributed by atoms with Crippen molar-refractivity contribution in [2.45, 2.75) is 56.5 Å². The molecule has 1 aliphatic carbocycles. The fourth-order valence-corrected chi connectivity index (χ4v) is 3.57. The molecule has 6 heteroatoms. The van der Waals surface area contributed by atoms with Gasteiger partial charge in [-0.15, -0.1) is 0 Å². The third-order valence-corrected chi connectivity index (χ3v) is 5.15. The van der Waals surface area contributed by atoms with Crippen molar-refractivity contribution in [2.24, 2.45) is 5.73 Å². The average Bonchev–Trinajstić information content (AvgIpc) is 2.85. The maximum Gasteiger partial charge on any atom is 0.316 e. The number of urea groups is 1. The normalized spacial score (nSPS) is 18.0. The van der Waals surface area contributed by atoms with Gasteiger partial charge in [-0.3, -0.25) is 4.79 Å². The molecule has 0 radical (unpaired) electrons. The fourth-order valence-electron chi connectivity index (χ4n) is 3.57. The lowest BCUT2D eigenvalue weighted by Gasteiger charge is -2.32. The predicted octanol–water partition coefficient (Wildman–Crippen LogP) is 2.56. The van der Waals surface area contributed by atoms with Crippen LogP contribution >= 0.6 is 0 Å². The van der Waals surface area contributed by atoms with Crippen LogP contribution in [0.25, 0.3) is 0 Å². The lowest BCUT2D eigenvalue weighted by molar-refractivity contribution is -0.124. The molecule has 144 valence electrons. The number of hydrogen-bond donors (Lipinski definition) is 3. The Labute approximate surface area is 156 Å². The molecule has 1 aliphatic rings. The van der Waals surface area contributed by atoms with Gasteiger partial charge >= 0.3 is 6.03 Å². The number of carbonyl (C=O) groups is 2. The van der Waals surface area contributed by atoms with E-state index in [0.717, 1.165) is 44.2 Å². The first-order chi connectivity index (χ1) is 12.4. The molecule has 2 rings (SSSR count). The highest BCUT2D eigenvalue weighted by atomic mass is 16.2. The van der Waals surface area contributed by atoms with E-state index in [1.165, 1.54) is 0 Å². The van der Waals surface area contributed by atoms with Gasteiger partial charge in [0.1, 0.15) is 5.54 Å². The van der Waals surface area contributed by atoms with E-state index < -0.39 is 11.4 Å². The van der Waals surface area contributed by atoms with Gasteiger partial charge in [-0.2, -0.15) is 0 Å². The Morgan fingerprint density at radius 3 is 2.27 bits per heavy atom. The molecule has 0 aromatic heterocycles. The average molecular weight is 361 g/mol. The van der Waals surface area contributed by atoms with Crippen molar-refractivity contribution >= 4 is 11.9 Å². The van der Waals surface area contributed by atoms with E-state index in [1.807, 2.05) is 44.4 Å². The van der Waals surface area contributed by atoms with E-state index in [0.29, 0.717) is 12.8 Å². The van der Waals surface area contributed by atoms with Gasteiger partial charge in [0.05, 0.1) is 6.04 Å². The first-order valence-corrected chi connectivity index (χ1v) is 9.51. The number of hydrogen-bond acceptors (Lipinski definition) is 3. The van der Waals surface area contributed by atoms with E-state index in [4.69, 9.17) is 5.73 Å². The van der Waals surface area contributed by atoms with Crippen LogP contribution in [0.1, 0.15) is 56.6 Å². The van der Waals surface area contributed by atoms with Crippen LogP contribution in [-0.4, -0.2) is 43.0 Å². The summed E-state index contributed by atoms with van der Waals surface area (Å²) >= 11 is 0. The topological polar surface area (TPSA) is 87.5 Å². The standard InChI is InChI=1S/C20H32N4O2/c1-24(2)15-12-17(16-10-6-5-7-11-16)22-19(26)23-20(18(21)25)13-8-3-4-9-14-20/h5-7,10-11,17H,3-4,8-9,12-15H2,1-2H3,(H2,21,25)(H2,22,23,26)/t17-/m1/s1. The molecule has 0 heterocycles. The number of primary amides is 1. The Kier molecular flexibility index (Phi) is 7.45. The highest BCUT2D eigenvalue weighted by Crippen LogP contribution is 2.27. The second kappa shape index (κ2) is 9.57. The van der Waals surface area contributed by atoms with E-state index in [2.05, 4.69) is 15.5 Å². The summed E-state index contributed by atoms with van der Waals surface area (Å²) in [5, 5.41) is 5.97. The lowest BCUT2D eigenvalue weighted by Crippen LogP contribution is -2.59. The number of rotatable bonds is 7. The summed E-state index contributed by atoms with van der Waals surface area (Å²) in [7, 11) is 4.02. The van der Waals surface area contributed by atoms with Crippen LogP contribution in [0.4, 0.5) is 4.79 Å². The van der Waals surface area contributed by atoms with E-state index in [9.17, 15) is 9.59 Å². The second-order valence-corrected chi connectivity index (χ2v) is 7.51. The Morgan fingerprint density at radius 2 is 1.73 bits per heavy atom. The Balaban J connectivity index is 2.08. The van der Waals surface area contributed by atoms with Gasteiger partial charge in [0.15, 0.2) is 0 Å².